The number of rotatable bonds is 11. The molecular formula is C30H37N3O4S. The van der Waals surface area contributed by atoms with Crippen LogP contribution in [0.5, 0.6) is 0 Å². The average molecular weight is 536 g/mol. The molecule has 1 N–H and O–H groups in total. The smallest absolute Gasteiger partial charge is 0.244 e. The molecule has 7 nitrogen and oxygen atoms in total. The van der Waals surface area contributed by atoms with Gasteiger partial charge in [0.1, 0.15) is 12.6 Å². The van der Waals surface area contributed by atoms with Crippen molar-refractivity contribution in [3.05, 3.63) is 101 Å². The maximum absolute atomic E-state index is 14.0. The van der Waals surface area contributed by atoms with Crippen LogP contribution in [-0.4, -0.2) is 50.0 Å². The van der Waals surface area contributed by atoms with Crippen molar-refractivity contribution < 1.29 is 18.0 Å². The van der Waals surface area contributed by atoms with Gasteiger partial charge in [-0.15, -0.1) is 0 Å². The first-order valence-corrected chi connectivity index (χ1v) is 14.5. The van der Waals surface area contributed by atoms with Gasteiger partial charge in [0.05, 0.1) is 11.9 Å². The van der Waals surface area contributed by atoms with Crippen LogP contribution in [0.25, 0.3) is 0 Å². The number of hydrogen-bond acceptors (Lipinski definition) is 4. The van der Waals surface area contributed by atoms with Crippen LogP contribution in [0.15, 0.2) is 78.9 Å². The van der Waals surface area contributed by atoms with Crippen molar-refractivity contribution in [2.24, 2.45) is 0 Å². The maximum atomic E-state index is 14.0. The number of carbonyl (C=O) groups excluding carboxylic acids is 2. The van der Waals surface area contributed by atoms with Gasteiger partial charge in [-0.1, -0.05) is 77.9 Å². The normalized spacial score (nSPS) is 12.2. The van der Waals surface area contributed by atoms with Gasteiger partial charge in [0.25, 0.3) is 0 Å². The second-order valence-corrected chi connectivity index (χ2v) is 11.9. The summed E-state index contributed by atoms with van der Waals surface area (Å²) in [5.41, 5.74) is 4.15. The van der Waals surface area contributed by atoms with Crippen molar-refractivity contribution in [2.75, 3.05) is 17.1 Å². The quantitative estimate of drug-likeness (QED) is 0.398. The summed E-state index contributed by atoms with van der Waals surface area (Å²) in [5, 5.41) is 2.95. The standard InChI is InChI=1S/C30H37N3O4S/c1-22(2)31-30(35)28(19-25-11-7-6-8-12-25)32(20-26-13-9-10-24(4)18-26)29(34)21-33(38(5,36)37)27-16-14-23(3)15-17-27/h6-18,22,28H,19-21H2,1-5H3,(H,31,35)/t28-/m1/s1. The molecule has 0 aliphatic carbocycles. The number of sulfonamides is 1. The molecule has 0 unspecified atom stereocenters. The van der Waals surface area contributed by atoms with Gasteiger partial charge in [-0.25, -0.2) is 8.42 Å². The Morgan fingerprint density at radius 2 is 1.47 bits per heavy atom. The molecule has 202 valence electrons. The lowest BCUT2D eigenvalue weighted by molar-refractivity contribution is -0.140. The minimum Gasteiger partial charge on any atom is -0.352 e. The van der Waals surface area contributed by atoms with Crippen LogP contribution in [0.3, 0.4) is 0 Å². The number of anilines is 1. The first-order valence-electron chi connectivity index (χ1n) is 12.7. The Morgan fingerprint density at radius 1 is 0.842 bits per heavy atom. The Kier molecular flexibility index (Phi) is 9.69. The molecule has 0 heterocycles. The van der Waals surface area contributed by atoms with Crippen molar-refractivity contribution >= 4 is 27.5 Å². The number of carbonyl (C=O) groups is 2. The second kappa shape index (κ2) is 12.7. The minimum atomic E-state index is -3.78. The summed E-state index contributed by atoms with van der Waals surface area (Å²) >= 11 is 0. The molecule has 3 aromatic carbocycles. The van der Waals surface area contributed by atoms with Gasteiger partial charge in [0, 0.05) is 19.0 Å². The van der Waals surface area contributed by atoms with Gasteiger partial charge >= 0.3 is 0 Å². The van der Waals surface area contributed by atoms with E-state index in [0.29, 0.717) is 12.1 Å². The van der Waals surface area contributed by atoms with Crippen LogP contribution in [0.4, 0.5) is 5.69 Å². The van der Waals surface area contributed by atoms with E-state index in [1.807, 2.05) is 82.3 Å². The molecule has 3 aromatic rings. The van der Waals surface area contributed by atoms with Gasteiger partial charge < -0.3 is 10.2 Å². The SMILES string of the molecule is Cc1ccc(N(CC(=O)N(Cc2cccc(C)c2)[C@H](Cc2ccccc2)C(=O)NC(C)C)S(C)(=O)=O)cc1. The molecule has 1 atom stereocenters. The lowest BCUT2D eigenvalue weighted by Crippen LogP contribution is -2.54. The number of aryl methyl sites for hydroxylation is 2. The van der Waals surface area contributed by atoms with Gasteiger partial charge in [-0.05, 0) is 51.0 Å². The summed E-state index contributed by atoms with van der Waals surface area (Å²) in [7, 11) is -3.78. The highest BCUT2D eigenvalue weighted by atomic mass is 32.2. The zero-order valence-corrected chi connectivity index (χ0v) is 23.5. The maximum Gasteiger partial charge on any atom is 0.244 e. The first-order chi connectivity index (χ1) is 17.9. The van der Waals surface area contributed by atoms with E-state index in [9.17, 15) is 18.0 Å². The summed E-state index contributed by atoms with van der Waals surface area (Å²) in [6.45, 7) is 7.35. The van der Waals surface area contributed by atoms with Crippen molar-refractivity contribution in [1.82, 2.24) is 10.2 Å². The predicted octanol–water partition coefficient (Wildman–Crippen LogP) is 4.23. The van der Waals surface area contributed by atoms with Gasteiger partial charge in [0.15, 0.2) is 0 Å². The Labute approximate surface area is 226 Å². The molecule has 38 heavy (non-hydrogen) atoms. The van der Waals surface area contributed by atoms with Crippen LogP contribution in [0.1, 0.15) is 36.1 Å². The summed E-state index contributed by atoms with van der Waals surface area (Å²) in [4.78, 5) is 29.0. The number of benzene rings is 3. The highest BCUT2D eigenvalue weighted by molar-refractivity contribution is 7.92. The third-order valence-corrected chi connectivity index (χ3v) is 7.28. The fourth-order valence-corrected chi connectivity index (χ4v) is 5.12. The molecular weight excluding hydrogens is 498 g/mol. The highest BCUT2D eigenvalue weighted by Gasteiger charge is 2.33. The molecule has 0 aliphatic rings. The molecule has 0 bridgehead atoms. The molecule has 2 amide bonds. The zero-order valence-electron chi connectivity index (χ0n) is 22.7. The van der Waals surface area contributed by atoms with E-state index in [4.69, 9.17) is 0 Å². The van der Waals surface area contributed by atoms with Crippen LogP contribution >= 0.6 is 0 Å². The summed E-state index contributed by atoms with van der Waals surface area (Å²) in [6, 6.07) is 23.3. The summed E-state index contributed by atoms with van der Waals surface area (Å²) < 4.78 is 26.7. The summed E-state index contributed by atoms with van der Waals surface area (Å²) in [6.07, 6.45) is 1.37. The number of amides is 2. The van der Waals surface area contributed by atoms with E-state index in [1.165, 1.54) is 4.90 Å². The first kappa shape index (κ1) is 28.9. The largest absolute Gasteiger partial charge is 0.352 e. The topological polar surface area (TPSA) is 86.8 Å². The van der Waals surface area contributed by atoms with Gasteiger partial charge in [0.2, 0.25) is 21.8 Å². The van der Waals surface area contributed by atoms with Crippen molar-refractivity contribution in [1.29, 1.82) is 0 Å². The Morgan fingerprint density at radius 3 is 2.05 bits per heavy atom. The molecule has 0 saturated carbocycles. The number of nitrogens with one attached hydrogen (secondary N) is 1. The molecule has 0 aliphatic heterocycles. The lowest BCUT2D eigenvalue weighted by atomic mass is 10.0. The molecule has 0 radical (unpaired) electrons. The molecule has 0 saturated heterocycles. The fraction of sp³-hybridized carbons (Fsp3) is 0.333. The van der Waals surface area contributed by atoms with Gasteiger partial charge in [-0.2, -0.15) is 0 Å². The summed E-state index contributed by atoms with van der Waals surface area (Å²) in [5.74, 6) is -0.747. The molecule has 0 fully saturated rings. The number of hydrogen-bond donors (Lipinski definition) is 1. The monoisotopic (exact) mass is 535 g/mol. The van der Waals surface area contributed by atoms with E-state index in [2.05, 4.69) is 5.32 Å². The Bertz CT molecular complexity index is 1340. The third-order valence-electron chi connectivity index (χ3n) is 6.14. The van der Waals surface area contributed by atoms with E-state index >= 15 is 0 Å². The van der Waals surface area contributed by atoms with Crippen LogP contribution in [0, 0.1) is 13.8 Å². The van der Waals surface area contributed by atoms with Gasteiger partial charge in [-0.3, -0.25) is 13.9 Å². The fourth-order valence-electron chi connectivity index (χ4n) is 4.27. The molecule has 8 heteroatoms. The third kappa shape index (κ3) is 8.18. The molecule has 0 spiro atoms. The molecule has 3 rings (SSSR count). The highest BCUT2D eigenvalue weighted by Crippen LogP contribution is 2.21. The van der Waals surface area contributed by atoms with E-state index < -0.39 is 28.5 Å². The molecule has 0 aromatic heterocycles. The minimum absolute atomic E-state index is 0.128. The van der Waals surface area contributed by atoms with Crippen molar-refractivity contribution in [2.45, 2.75) is 52.7 Å². The van der Waals surface area contributed by atoms with E-state index in [-0.39, 0.29) is 18.5 Å². The van der Waals surface area contributed by atoms with Crippen molar-refractivity contribution in [3.8, 4) is 0 Å². The van der Waals surface area contributed by atoms with Crippen LogP contribution < -0.4 is 9.62 Å². The lowest BCUT2D eigenvalue weighted by Gasteiger charge is -2.34. The van der Waals surface area contributed by atoms with Crippen LogP contribution in [0.2, 0.25) is 0 Å². The van der Waals surface area contributed by atoms with E-state index in [0.717, 1.165) is 32.8 Å². The second-order valence-electron chi connectivity index (χ2n) is 9.98. The van der Waals surface area contributed by atoms with E-state index in [1.54, 1.807) is 24.3 Å². The zero-order chi connectivity index (χ0) is 27.9. The predicted molar refractivity (Wildman–Crippen MR) is 152 cm³/mol. The van der Waals surface area contributed by atoms with Crippen molar-refractivity contribution in [3.63, 3.8) is 0 Å². The Hall–Kier alpha value is -3.65. The average Bonchev–Trinajstić information content (AvgIpc) is 2.85. The van der Waals surface area contributed by atoms with Crippen LogP contribution in [-0.2, 0) is 32.6 Å². The number of nitrogens with zero attached hydrogens (tertiary/aromatic N) is 2. The Balaban J connectivity index is 2.05.